The van der Waals surface area contributed by atoms with E-state index in [1.165, 1.54) is 36.8 Å². The molecule has 2 nitrogen and oxygen atoms in total. The van der Waals surface area contributed by atoms with Crippen LogP contribution in [0, 0.1) is 18.3 Å². The highest BCUT2D eigenvalue weighted by molar-refractivity contribution is 5.49. The molecule has 0 radical (unpaired) electrons. The Morgan fingerprint density at radius 2 is 2.28 bits per heavy atom. The van der Waals surface area contributed by atoms with Gasteiger partial charge in [0.15, 0.2) is 0 Å². The predicted octanol–water partition coefficient (Wildman–Crippen LogP) is 2.80. The molecule has 1 spiro atoms. The van der Waals surface area contributed by atoms with Crippen LogP contribution in [0.4, 0.5) is 0 Å². The van der Waals surface area contributed by atoms with E-state index in [2.05, 4.69) is 31.2 Å². The monoisotopic (exact) mass is 243 g/mol. The Balaban J connectivity index is 1.58. The molecule has 18 heavy (non-hydrogen) atoms. The number of nitrogens with zero attached hydrogens (tertiary/aromatic N) is 1. The van der Waals surface area contributed by atoms with Crippen LogP contribution in [0.3, 0.4) is 0 Å². The summed E-state index contributed by atoms with van der Waals surface area (Å²) in [7, 11) is 0. The standard InChI is InChI=1S/C16H21NO/c1-13-3-2-4-14(7-13)8-15-5-6-16(9-15)10-17(11-16)12-18/h2-4,7,12,15H,5-6,8-11H2,1H3. The number of hydrogen-bond donors (Lipinski definition) is 0. The first-order valence-corrected chi connectivity index (χ1v) is 6.94. The highest BCUT2D eigenvalue weighted by Gasteiger charge is 2.47. The molecular weight excluding hydrogens is 222 g/mol. The lowest BCUT2D eigenvalue weighted by molar-refractivity contribution is -0.129. The fourth-order valence-electron chi connectivity index (χ4n) is 3.85. The highest BCUT2D eigenvalue weighted by atomic mass is 16.1. The number of amides is 1. The molecule has 1 aromatic rings. The molecule has 1 aromatic carbocycles. The summed E-state index contributed by atoms with van der Waals surface area (Å²) in [5.74, 6) is 0.820. The number of carbonyl (C=O) groups is 1. The Morgan fingerprint density at radius 1 is 1.44 bits per heavy atom. The molecule has 2 heteroatoms. The molecule has 2 fully saturated rings. The summed E-state index contributed by atoms with van der Waals surface area (Å²) in [4.78, 5) is 12.6. The molecular formula is C16H21NO. The van der Waals surface area contributed by atoms with Crippen molar-refractivity contribution in [2.75, 3.05) is 13.1 Å². The molecule has 1 aliphatic heterocycles. The third-order valence-corrected chi connectivity index (χ3v) is 4.64. The van der Waals surface area contributed by atoms with E-state index in [4.69, 9.17) is 0 Å². The maximum absolute atomic E-state index is 10.7. The van der Waals surface area contributed by atoms with Crippen molar-refractivity contribution < 1.29 is 4.79 Å². The Hall–Kier alpha value is -1.31. The van der Waals surface area contributed by atoms with Gasteiger partial charge < -0.3 is 4.90 Å². The van der Waals surface area contributed by atoms with Crippen LogP contribution in [0.2, 0.25) is 0 Å². The molecule has 0 N–H and O–H groups in total. The largest absolute Gasteiger partial charge is 0.344 e. The van der Waals surface area contributed by atoms with Crippen molar-refractivity contribution >= 4 is 6.41 Å². The lowest BCUT2D eigenvalue weighted by atomic mass is 9.77. The average molecular weight is 243 g/mol. The zero-order valence-electron chi connectivity index (χ0n) is 11.1. The summed E-state index contributed by atoms with van der Waals surface area (Å²) in [5.41, 5.74) is 3.31. The number of carbonyl (C=O) groups excluding carboxylic acids is 1. The molecule has 1 atom stereocenters. The molecule has 1 aliphatic carbocycles. The summed E-state index contributed by atoms with van der Waals surface area (Å²) in [5, 5.41) is 0. The van der Waals surface area contributed by atoms with Crippen LogP contribution in [0.25, 0.3) is 0 Å². The number of benzene rings is 1. The molecule has 0 bridgehead atoms. The maximum atomic E-state index is 10.7. The van der Waals surface area contributed by atoms with Crippen LogP contribution < -0.4 is 0 Å². The number of rotatable bonds is 3. The summed E-state index contributed by atoms with van der Waals surface area (Å²) in [6.07, 6.45) is 6.17. The molecule has 1 saturated heterocycles. The van der Waals surface area contributed by atoms with Gasteiger partial charge >= 0.3 is 0 Å². The quantitative estimate of drug-likeness (QED) is 0.748. The second-order valence-electron chi connectivity index (χ2n) is 6.31. The van der Waals surface area contributed by atoms with E-state index in [1.807, 2.05) is 4.90 Å². The van der Waals surface area contributed by atoms with Crippen molar-refractivity contribution in [3.63, 3.8) is 0 Å². The van der Waals surface area contributed by atoms with E-state index in [9.17, 15) is 4.79 Å². The lowest BCUT2D eigenvalue weighted by Crippen LogP contribution is -2.54. The topological polar surface area (TPSA) is 20.3 Å². The second kappa shape index (κ2) is 4.42. The van der Waals surface area contributed by atoms with Gasteiger partial charge in [-0.3, -0.25) is 4.79 Å². The molecule has 1 unspecified atom stereocenters. The number of likely N-dealkylation sites (tertiary alicyclic amines) is 1. The first-order valence-electron chi connectivity index (χ1n) is 6.94. The lowest BCUT2D eigenvalue weighted by Gasteiger charge is -2.46. The first kappa shape index (κ1) is 11.8. The third kappa shape index (κ3) is 2.16. The molecule has 96 valence electrons. The van der Waals surface area contributed by atoms with Crippen LogP contribution in [0.1, 0.15) is 30.4 Å². The van der Waals surface area contributed by atoms with Gasteiger partial charge in [0.05, 0.1) is 0 Å². The Kier molecular flexibility index (Phi) is 2.89. The van der Waals surface area contributed by atoms with Gasteiger partial charge in [-0.2, -0.15) is 0 Å². The smallest absolute Gasteiger partial charge is 0.209 e. The Morgan fingerprint density at radius 3 is 3.00 bits per heavy atom. The molecule has 1 saturated carbocycles. The maximum Gasteiger partial charge on any atom is 0.209 e. The second-order valence-corrected chi connectivity index (χ2v) is 6.31. The summed E-state index contributed by atoms with van der Waals surface area (Å²) >= 11 is 0. The summed E-state index contributed by atoms with van der Waals surface area (Å²) in [6, 6.07) is 8.88. The van der Waals surface area contributed by atoms with Crippen LogP contribution in [0.5, 0.6) is 0 Å². The van der Waals surface area contributed by atoms with Crippen molar-refractivity contribution in [3.05, 3.63) is 35.4 Å². The van der Waals surface area contributed by atoms with E-state index in [-0.39, 0.29) is 0 Å². The average Bonchev–Trinajstić information content (AvgIpc) is 2.71. The minimum Gasteiger partial charge on any atom is -0.344 e. The normalized spacial score (nSPS) is 25.2. The zero-order valence-corrected chi connectivity index (χ0v) is 11.1. The highest BCUT2D eigenvalue weighted by Crippen LogP contribution is 2.48. The first-order chi connectivity index (χ1) is 8.69. The van der Waals surface area contributed by atoms with Gasteiger partial charge in [0.25, 0.3) is 0 Å². The van der Waals surface area contributed by atoms with Crippen LogP contribution in [-0.2, 0) is 11.2 Å². The third-order valence-electron chi connectivity index (χ3n) is 4.64. The van der Waals surface area contributed by atoms with Crippen molar-refractivity contribution in [3.8, 4) is 0 Å². The molecule has 1 amide bonds. The van der Waals surface area contributed by atoms with Crippen LogP contribution >= 0.6 is 0 Å². The summed E-state index contributed by atoms with van der Waals surface area (Å²) in [6.45, 7) is 4.16. The minimum absolute atomic E-state index is 0.482. The molecule has 0 aromatic heterocycles. The van der Waals surface area contributed by atoms with Gasteiger partial charge in [-0.25, -0.2) is 0 Å². The van der Waals surface area contributed by atoms with Crippen LogP contribution in [-0.4, -0.2) is 24.4 Å². The predicted molar refractivity (Wildman–Crippen MR) is 72.3 cm³/mol. The Labute approximate surface area is 109 Å². The molecule has 3 rings (SSSR count). The van der Waals surface area contributed by atoms with Gasteiger partial charge in [0.2, 0.25) is 6.41 Å². The van der Waals surface area contributed by atoms with Crippen molar-refractivity contribution in [2.24, 2.45) is 11.3 Å². The van der Waals surface area contributed by atoms with E-state index in [1.54, 1.807) is 0 Å². The fourth-order valence-corrected chi connectivity index (χ4v) is 3.85. The van der Waals surface area contributed by atoms with E-state index in [0.29, 0.717) is 5.41 Å². The fraction of sp³-hybridized carbons (Fsp3) is 0.562. The van der Waals surface area contributed by atoms with Gasteiger partial charge in [0.1, 0.15) is 0 Å². The van der Waals surface area contributed by atoms with Crippen LogP contribution in [0.15, 0.2) is 24.3 Å². The number of hydrogen-bond acceptors (Lipinski definition) is 1. The zero-order chi connectivity index (χ0) is 12.6. The van der Waals surface area contributed by atoms with Crippen molar-refractivity contribution in [1.29, 1.82) is 0 Å². The SMILES string of the molecule is Cc1cccc(CC2CCC3(C2)CN(C=O)C3)c1. The Bertz CT molecular complexity index is 448. The molecule has 1 heterocycles. The molecule has 2 aliphatic rings. The van der Waals surface area contributed by atoms with Crippen molar-refractivity contribution in [1.82, 2.24) is 4.90 Å². The van der Waals surface area contributed by atoms with Crippen molar-refractivity contribution in [2.45, 2.75) is 32.6 Å². The van der Waals surface area contributed by atoms with E-state index < -0.39 is 0 Å². The van der Waals surface area contributed by atoms with E-state index >= 15 is 0 Å². The van der Waals surface area contributed by atoms with Gasteiger partial charge in [-0.15, -0.1) is 0 Å². The van der Waals surface area contributed by atoms with Gasteiger partial charge in [-0.05, 0) is 44.1 Å². The van der Waals surface area contributed by atoms with Gasteiger partial charge in [-0.1, -0.05) is 29.8 Å². The van der Waals surface area contributed by atoms with Gasteiger partial charge in [0, 0.05) is 18.5 Å². The minimum atomic E-state index is 0.482. The van der Waals surface area contributed by atoms with E-state index in [0.717, 1.165) is 25.4 Å². The number of aryl methyl sites for hydroxylation is 1. The summed E-state index contributed by atoms with van der Waals surface area (Å²) < 4.78 is 0.